The number of aromatic nitrogens is 1. The van der Waals surface area contributed by atoms with Gasteiger partial charge in [0.25, 0.3) is 0 Å². The van der Waals surface area contributed by atoms with E-state index in [0.29, 0.717) is 10.4 Å². The van der Waals surface area contributed by atoms with Crippen molar-refractivity contribution < 1.29 is 32.0 Å². The van der Waals surface area contributed by atoms with Gasteiger partial charge in [0, 0.05) is 0 Å². The van der Waals surface area contributed by atoms with Gasteiger partial charge in [-0.15, -0.1) is 12.1 Å². The number of nitrogens with zero attached hydrogens (tertiary/aromatic N) is 1. The fourth-order valence-electron chi connectivity index (χ4n) is 1.04. The topological polar surface area (TPSA) is 12.9 Å². The summed E-state index contributed by atoms with van der Waals surface area (Å²) in [5.74, 6) is 0.586. The number of hydrogen-bond donors (Lipinski definition) is 0. The average Bonchev–Trinajstić information content (AvgIpc) is 2.15. The molecule has 104 valence electrons. The smallest absolute Gasteiger partial charge is 0.343 e. The Balaban J connectivity index is 0. The number of hydrogen-bond acceptors (Lipinski definition) is 1. The Morgan fingerprint density at radius 1 is 1.37 bits per heavy atom. The van der Waals surface area contributed by atoms with Crippen molar-refractivity contribution in [2.45, 2.75) is 25.9 Å². The second-order valence-corrected chi connectivity index (χ2v) is 4.82. The molecule has 0 aliphatic heterocycles. The Labute approximate surface area is 133 Å². The molecule has 1 aromatic rings. The number of halogens is 4. The Bertz CT molecular complexity index is 347. The van der Waals surface area contributed by atoms with Crippen LogP contribution in [0.3, 0.4) is 0 Å². The van der Waals surface area contributed by atoms with Gasteiger partial charge in [0.05, 0.1) is 0 Å². The van der Waals surface area contributed by atoms with Crippen molar-refractivity contribution in [2.75, 3.05) is 0 Å². The van der Waals surface area contributed by atoms with Gasteiger partial charge in [-0.3, -0.25) is 4.98 Å². The van der Waals surface area contributed by atoms with Gasteiger partial charge in [0.2, 0.25) is 0 Å². The van der Waals surface area contributed by atoms with Crippen LogP contribution in [0.1, 0.15) is 31.2 Å². The molecule has 0 saturated heterocycles. The molecule has 0 radical (unpaired) electrons. The zero-order valence-electron chi connectivity index (χ0n) is 11.2. The Morgan fingerprint density at radius 3 is 2.16 bits per heavy atom. The predicted molar refractivity (Wildman–Crippen MR) is 70.5 cm³/mol. The zero-order chi connectivity index (χ0) is 14.3. The quantitative estimate of drug-likeness (QED) is 0.598. The molecule has 0 saturated carbocycles. The van der Waals surface area contributed by atoms with Crippen LogP contribution < -0.4 is 18.9 Å². The molecule has 1 aromatic heterocycles. The average molecular weight is 330 g/mol. The molecule has 0 aliphatic carbocycles. The van der Waals surface area contributed by atoms with Gasteiger partial charge in [0.1, 0.15) is 5.69 Å². The molecule has 0 aliphatic rings. The molecule has 6 heteroatoms. The summed E-state index contributed by atoms with van der Waals surface area (Å²) in [6.07, 6.45) is -2.24. The maximum absolute atomic E-state index is 12.0. The molecule has 0 spiro atoms. The van der Waals surface area contributed by atoms with Crippen LogP contribution in [-0.2, 0) is 6.18 Å². The first-order valence-electron chi connectivity index (χ1n) is 5.36. The molecule has 0 bridgehead atoms. The van der Waals surface area contributed by atoms with Crippen molar-refractivity contribution in [3.05, 3.63) is 48.8 Å². The van der Waals surface area contributed by atoms with Gasteiger partial charge >= 0.3 is 25.0 Å². The summed E-state index contributed by atoms with van der Waals surface area (Å²) >= 11 is 2.93. The van der Waals surface area contributed by atoms with E-state index in [0.717, 1.165) is 18.9 Å². The molecule has 1 atom stereocenters. The van der Waals surface area contributed by atoms with Gasteiger partial charge < -0.3 is 13.8 Å². The second-order valence-electron chi connectivity index (χ2n) is 3.91. The molecule has 1 rings (SSSR count). The van der Waals surface area contributed by atoms with Crippen LogP contribution in [0.5, 0.6) is 0 Å². The van der Waals surface area contributed by atoms with E-state index >= 15 is 0 Å². The van der Waals surface area contributed by atoms with E-state index in [-0.39, 0.29) is 24.6 Å². The fourth-order valence-corrected chi connectivity index (χ4v) is 1.53. The third kappa shape index (κ3) is 10.3. The van der Waals surface area contributed by atoms with E-state index in [4.69, 9.17) is 0 Å². The van der Waals surface area contributed by atoms with Crippen molar-refractivity contribution in [2.24, 2.45) is 5.92 Å². The standard InChI is InChI=1S/C7H4BrF3N.C6H12.Li/c1-4-2-5(8)3-6(12-4)7(9,10)11;1-4-5-6(2)3;/h2-3H,1H2;6H,1-2,4-5H2,3H3;/q-1;-2;+1/t;6-;/m.0./s1. The molecule has 19 heavy (non-hydrogen) atoms. The van der Waals surface area contributed by atoms with E-state index in [1.807, 2.05) is 0 Å². The van der Waals surface area contributed by atoms with Crippen molar-refractivity contribution in [3.63, 3.8) is 0 Å². The summed E-state index contributed by atoms with van der Waals surface area (Å²) in [5.41, 5.74) is -0.835. The Hall–Kier alpha value is -0.113. The number of pyridine rings is 1. The zero-order valence-corrected chi connectivity index (χ0v) is 12.8. The Kier molecular flexibility index (Phi) is 10.9. The van der Waals surface area contributed by atoms with Gasteiger partial charge in [-0.05, 0) is 6.07 Å². The predicted octanol–water partition coefficient (Wildman–Crippen LogP) is 2.12. The summed E-state index contributed by atoms with van der Waals surface area (Å²) < 4.78 is 36.4. The third-order valence-electron chi connectivity index (χ3n) is 1.83. The maximum atomic E-state index is 12.0. The first kappa shape index (κ1) is 21.2. The minimum atomic E-state index is -4.41. The number of alkyl halides is 3. The molecule has 1 nitrogen and oxygen atoms in total. The van der Waals surface area contributed by atoms with Crippen LogP contribution in [0.25, 0.3) is 0 Å². The van der Waals surface area contributed by atoms with Crippen molar-refractivity contribution in [1.82, 2.24) is 4.98 Å². The monoisotopic (exact) mass is 329 g/mol. The molecule has 0 N–H and O–H groups in total. The second kappa shape index (κ2) is 9.74. The van der Waals surface area contributed by atoms with E-state index < -0.39 is 11.9 Å². The first-order chi connectivity index (χ1) is 8.16. The van der Waals surface area contributed by atoms with Crippen molar-refractivity contribution >= 4 is 15.9 Å². The summed E-state index contributed by atoms with van der Waals surface area (Å²) in [7, 11) is 0. The van der Waals surface area contributed by atoms with E-state index in [1.165, 1.54) is 6.07 Å². The Morgan fingerprint density at radius 2 is 1.89 bits per heavy atom. The largest absolute Gasteiger partial charge is 1.00 e. The van der Waals surface area contributed by atoms with Gasteiger partial charge in [-0.25, -0.2) is 6.92 Å². The van der Waals surface area contributed by atoms with Crippen LogP contribution in [0, 0.1) is 26.7 Å². The van der Waals surface area contributed by atoms with E-state index in [9.17, 15) is 13.2 Å². The normalized spacial score (nSPS) is 11.9. The van der Waals surface area contributed by atoms with Gasteiger partial charge in [0.15, 0.2) is 0 Å². The summed E-state index contributed by atoms with van der Waals surface area (Å²) in [4.78, 5) is 3.24. The molecule has 1 heterocycles. The first-order valence-corrected chi connectivity index (χ1v) is 6.15. The van der Waals surface area contributed by atoms with Crippen LogP contribution >= 0.6 is 15.9 Å². The van der Waals surface area contributed by atoms with Gasteiger partial charge in [-0.2, -0.15) is 31.6 Å². The summed E-state index contributed by atoms with van der Waals surface area (Å²) in [5, 5.41) is 0. The van der Waals surface area contributed by atoms with Crippen LogP contribution in [0.2, 0.25) is 0 Å². The van der Waals surface area contributed by atoms with Crippen molar-refractivity contribution in [3.8, 4) is 0 Å². The minimum Gasteiger partial charge on any atom is -0.343 e. The van der Waals surface area contributed by atoms with Crippen LogP contribution in [-0.4, -0.2) is 4.98 Å². The van der Waals surface area contributed by atoms with Crippen LogP contribution in [0.4, 0.5) is 13.2 Å². The molecular weight excluding hydrogens is 314 g/mol. The molecule has 0 fully saturated rings. The molecular formula is C13H16BrF3LiN-2. The summed E-state index contributed by atoms with van der Waals surface area (Å²) in [6.45, 7) is 12.9. The fraction of sp³-hybridized carbons (Fsp3) is 0.385. The summed E-state index contributed by atoms with van der Waals surface area (Å²) in [6, 6.07) is 2.32. The maximum Gasteiger partial charge on any atom is 1.00 e. The van der Waals surface area contributed by atoms with E-state index in [1.54, 1.807) is 0 Å². The molecule has 0 amide bonds. The minimum absolute atomic E-state index is 0. The SMILES string of the molecule is [CH2-]CC[C@@H]([CH2-])C.[CH2-]c1cc(Br)cc(C(F)(F)F)n1.[Li+]. The molecule has 0 aromatic carbocycles. The third-order valence-corrected chi connectivity index (χ3v) is 2.29. The van der Waals surface area contributed by atoms with Gasteiger partial charge in [-0.1, -0.05) is 27.3 Å². The van der Waals surface area contributed by atoms with Crippen molar-refractivity contribution in [1.29, 1.82) is 0 Å². The van der Waals surface area contributed by atoms with E-state index in [2.05, 4.69) is 48.6 Å². The number of rotatable bonds is 2. The molecule has 0 unspecified atom stereocenters. The van der Waals surface area contributed by atoms with Crippen LogP contribution in [0.15, 0.2) is 16.6 Å².